The Hall–Kier alpha value is -0.830. The Bertz CT molecular complexity index is 450. The molecule has 3 heteroatoms. The second-order valence-corrected chi connectivity index (χ2v) is 5.78. The third kappa shape index (κ3) is 3.84. The van der Waals surface area contributed by atoms with Crippen LogP contribution in [0.2, 0.25) is 5.02 Å². The van der Waals surface area contributed by atoms with Crippen LogP contribution < -0.4 is 5.32 Å². The zero-order valence-corrected chi connectivity index (χ0v) is 12.1. The van der Waals surface area contributed by atoms with Crippen LogP contribution in [0.15, 0.2) is 41.8 Å². The molecule has 0 radical (unpaired) electrons. The van der Waals surface area contributed by atoms with Gasteiger partial charge in [0.05, 0.1) is 0 Å². The highest BCUT2D eigenvalue weighted by Gasteiger charge is 2.10. The number of hydrogen-bond acceptors (Lipinski definition) is 2. The van der Waals surface area contributed by atoms with Crippen LogP contribution in [0.3, 0.4) is 0 Å². The molecule has 0 aliphatic carbocycles. The summed E-state index contributed by atoms with van der Waals surface area (Å²) < 4.78 is 0. The number of benzene rings is 1. The molecule has 0 saturated carbocycles. The van der Waals surface area contributed by atoms with Crippen LogP contribution >= 0.6 is 22.9 Å². The van der Waals surface area contributed by atoms with Crippen molar-refractivity contribution in [3.63, 3.8) is 0 Å². The summed E-state index contributed by atoms with van der Waals surface area (Å²) in [6, 6.07) is 12.8. The van der Waals surface area contributed by atoms with Gasteiger partial charge in [0.25, 0.3) is 0 Å². The second kappa shape index (κ2) is 6.93. The molecule has 1 N–H and O–H groups in total. The smallest absolute Gasteiger partial charge is 0.0417 e. The van der Waals surface area contributed by atoms with Crippen molar-refractivity contribution in [1.82, 2.24) is 5.32 Å². The van der Waals surface area contributed by atoms with Crippen molar-refractivity contribution in [2.24, 2.45) is 0 Å². The number of halogens is 1. The average Bonchev–Trinajstić information content (AvgIpc) is 2.90. The predicted octanol–water partition coefficient (Wildman–Crippen LogP) is 5.03. The summed E-state index contributed by atoms with van der Waals surface area (Å²) in [5.74, 6) is 0. The average molecular weight is 280 g/mol. The summed E-state index contributed by atoms with van der Waals surface area (Å²) in [5.41, 5.74) is 1.28. The molecule has 2 aromatic rings. The van der Waals surface area contributed by atoms with E-state index in [0.717, 1.165) is 11.6 Å². The fourth-order valence-electron chi connectivity index (χ4n) is 1.97. The van der Waals surface area contributed by atoms with Crippen LogP contribution in [0.4, 0.5) is 0 Å². The maximum Gasteiger partial charge on any atom is 0.0417 e. The highest BCUT2D eigenvalue weighted by Crippen LogP contribution is 2.23. The van der Waals surface area contributed by atoms with Crippen LogP contribution in [-0.2, 0) is 6.54 Å². The monoisotopic (exact) mass is 279 g/mol. The first kappa shape index (κ1) is 13.6. The number of thiophene rings is 1. The molecule has 1 atom stereocenters. The number of nitrogens with one attached hydrogen (secondary N) is 1. The van der Waals surface area contributed by atoms with Crippen molar-refractivity contribution < 1.29 is 0 Å². The standard InChI is InChI=1S/C15H18ClNS/c1-2-4-14(15-5-3-10-18-15)17-11-12-6-8-13(16)9-7-12/h3,5-10,14,17H,2,4,11H2,1H3. The van der Waals surface area contributed by atoms with E-state index in [0.29, 0.717) is 6.04 Å². The van der Waals surface area contributed by atoms with Crippen molar-refractivity contribution in [3.8, 4) is 0 Å². The quantitative estimate of drug-likeness (QED) is 0.782. The van der Waals surface area contributed by atoms with Gasteiger partial charge in [-0.15, -0.1) is 11.3 Å². The van der Waals surface area contributed by atoms with Gasteiger partial charge < -0.3 is 5.32 Å². The van der Waals surface area contributed by atoms with Gasteiger partial charge in [-0.1, -0.05) is 43.1 Å². The topological polar surface area (TPSA) is 12.0 Å². The van der Waals surface area contributed by atoms with E-state index in [2.05, 4.69) is 41.9 Å². The largest absolute Gasteiger partial charge is 0.305 e. The maximum atomic E-state index is 5.89. The van der Waals surface area contributed by atoms with Crippen molar-refractivity contribution in [3.05, 3.63) is 57.2 Å². The van der Waals surface area contributed by atoms with E-state index in [-0.39, 0.29) is 0 Å². The van der Waals surface area contributed by atoms with Crippen molar-refractivity contribution in [2.45, 2.75) is 32.4 Å². The Morgan fingerprint density at radius 3 is 2.61 bits per heavy atom. The molecular weight excluding hydrogens is 262 g/mol. The van der Waals surface area contributed by atoms with Gasteiger partial charge in [-0.05, 0) is 35.6 Å². The van der Waals surface area contributed by atoms with Crippen LogP contribution in [0.1, 0.15) is 36.2 Å². The SMILES string of the molecule is CCCC(NCc1ccc(Cl)cc1)c1cccs1. The first-order chi connectivity index (χ1) is 8.79. The Morgan fingerprint density at radius 2 is 2.00 bits per heavy atom. The van der Waals surface area contributed by atoms with E-state index in [1.165, 1.54) is 23.3 Å². The normalized spacial score (nSPS) is 12.6. The third-order valence-corrected chi connectivity index (χ3v) is 4.17. The first-order valence-electron chi connectivity index (χ1n) is 6.31. The van der Waals surface area contributed by atoms with Crippen LogP contribution in [0.5, 0.6) is 0 Å². The zero-order chi connectivity index (χ0) is 12.8. The predicted molar refractivity (Wildman–Crippen MR) is 80.3 cm³/mol. The van der Waals surface area contributed by atoms with Crippen LogP contribution in [0.25, 0.3) is 0 Å². The zero-order valence-electron chi connectivity index (χ0n) is 10.5. The lowest BCUT2D eigenvalue weighted by atomic mass is 10.1. The lowest BCUT2D eigenvalue weighted by Crippen LogP contribution is -2.19. The fraction of sp³-hybridized carbons (Fsp3) is 0.333. The molecule has 0 aliphatic heterocycles. The molecule has 0 fully saturated rings. The second-order valence-electron chi connectivity index (χ2n) is 4.36. The Balaban J connectivity index is 1.95. The minimum atomic E-state index is 0.464. The van der Waals surface area contributed by atoms with E-state index in [9.17, 15) is 0 Å². The van der Waals surface area contributed by atoms with Crippen molar-refractivity contribution >= 4 is 22.9 Å². The molecule has 0 spiro atoms. The van der Waals surface area contributed by atoms with Gasteiger partial charge in [0, 0.05) is 22.5 Å². The molecule has 96 valence electrons. The molecule has 2 rings (SSSR count). The van der Waals surface area contributed by atoms with Gasteiger partial charge in [-0.25, -0.2) is 0 Å². The van der Waals surface area contributed by atoms with Crippen molar-refractivity contribution in [2.75, 3.05) is 0 Å². The van der Waals surface area contributed by atoms with E-state index in [1.807, 2.05) is 23.5 Å². The lowest BCUT2D eigenvalue weighted by molar-refractivity contribution is 0.500. The van der Waals surface area contributed by atoms with Crippen LogP contribution in [-0.4, -0.2) is 0 Å². The molecule has 1 unspecified atom stereocenters. The molecule has 1 nitrogen and oxygen atoms in total. The summed E-state index contributed by atoms with van der Waals surface area (Å²) in [4.78, 5) is 1.42. The summed E-state index contributed by atoms with van der Waals surface area (Å²) >= 11 is 7.71. The van der Waals surface area contributed by atoms with E-state index in [1.54, 1.807) is 0 Å². The molecule has 0 aliphatic rings. The van der Waals surface area contributed by atoms with Gasteiger partial charge in [-0.2, -0.15) is 0 Å². The lowest BCUT2D eigenvalue weighted by Gasteiger charge is -2.16. The molecule has 0 amide bonds. The van der Waals surface area contributed by atoms with Crippen molar-refractivity contribution in [1.29, 1.82) is 0 Å². The molecule has 0 saturated heterocycles. The molecule has 1 heterocycles. The van der Waals surface area contributed by atoms with Crippen LogP contribution in [0, 0.1) is 0 Å². The van der Waals surface area contributed by atoms with Gasteiger partial charge >= 0.3 is 0 Å². The fourth-order valence-corrected chi connectivity index (χ4v) is 2.93. The highest BCUT2D eigenvalue weighted by molar-refractivity contribution is 7.10. The van der Waals surface area contributed by atoms with Gasteiger partial charge in [-0.3, -0.25) is 0 Å². The number of rotatable bonds is 6. The van der Waals surface area contributed by atoms with E-state index < -0.39 is 0 Å². The Kier molecular flexibility index (Phi) is 5.24. The summed E-state index contributed by atoms with van der Waals surface area (Å²) in [7, 11) is 0. The molecule has 1 aromatic carbocycles. The summed E-state index contributed by atoms with van der Waals surface area (Å²) in [6.07, 6.45) is 2.37. The van der Waals surface area contributed by atoms with Gasteiger partial charge in [0.1, 0.15) is 0 Å². The molecule has 18 heavy (non-hydrogen) atoms. The Labute approximate surface area is 118 Å². The van der Waals surface area contributed by atoms with E-state index in [4.69, 9.17) is 11.6 Å². The van der Waals surface area contributed by atoms with Gasteiger partial charge in [0.2, 0.25) is 0 Å². The van der Waals surface area contributed by atoms with Gasteiger partial charge in [0.15, 0.2) is 0 Å². The third-order valence-electron chi connectivity index (χ3n) is 2.93. The highest BCUT2D eigenvalue weighted by atomic mass is 35.5. The minimum Gasteiger partial charge on any atom is -0.305 e. The molecule has 1 aromatic heterocycles. The summed E-state index contributed by atoms with van der Waals surface area (Å²) in [5, 5.41) is 6.56. The maximum absolute atomic E-state index is 5.89. The first-order valence-corrected chi connectivity index (χ1v) is 7.56. The summed E-state index contributed by atoms with van der Waals surface area (Å²) in [6.45, 7) is 3.12. The minimum absolute atomic E-state index is 0.464. The molecule has 0 bridgehead atoms. The number of hydrogen-bond donors (Lipinski definition) is 1. The van der Waals surface area contributed by atoms with E-state index >= 15 is 0 Å². The Morgan fingerprint density at radius 1 is 1.22 bits per heavy atom. The molecular formula is C15H18ClNS.